The number of rotatable bonds is 2. The van der Waals surface area contributed by atoms with E-state index in [2.05, 4.69) is 15.9 Å². The summed E-state index contributed by atoms with van der Waals surface area (Å²) in [6, 6.07) is 10.2. The Morgan fingerprint density at radius 3 is 2.43 bits per heavy atom. The Balaban J connectivity index is 2.05. The van der Waals surface area contributed by atoms with Crippen molar-refractivity contribution >= 4 is 50.7 Å². The van der Waals surface area contributed by atoms with Crippen molar-refractivity contribution in [2.75, 3.05) is 4.90 Å². The molecule has 0 spiro atoms. The van der Waals surface area contributed by atoms with E-state index in [4.69, 9.17) is 28.9 Å². The van der Waals surface area contributed by atoms with Crippen molar-refractivity contribution in [2.45, 2.75) is 12.6 Å². The minimum atomic E-state index is -0.670. The zero-order valence-electron chi connectivity index (χ0n) is 10.8. The van der Waals surface area contributed by atoms with Crippen molar-refractivity contribution in [2.24, 2.45) is 5.73 Å². The monoisotopic (exact) mass is 384 g/mol. The number of anilines is 1. The third-order valence-electron chi connectivity index (χ3n) is 3.54. The summed E-state index contributed by atoms with van der Waals surface area (Å²) in [5.74, 6) is -0.159. The quantitative estimate of drug-likeness (QED) is 0.837. The minimum Gasteiger partial charge on any atom is -0.316 e. The molecule has 0 radical (unpaired) electrons. The molecule has 2 N–H and O–H groups in total. The molecule has 0 bridgehead atoms. The van der Waals surface area contributed by atoms with E-state index >= 15 is 0 Å². The van der Waals surface area contributed by atoms with Crippen molar-refractivity contribution in [1.29, 1.82) is 0 Å². The SMILES string of the molecule is NC1C(=O)N(Cc2c(Cl)cccc2Cl)c2cccc(Br)c21. The fourth-order valence-electron chi connectivity index (χ4n) is 2.48. The van der Waals surface area contributed by atoms with Gasteiger partial charge in [-0.15, -0.1) is 0 Å². The predicted molar refractivity (Wildman–Crippen MR) is 88.7 cm³/mol. The zero-order chi connectivity index (χ0) is 15.1. The van der Waals surface area contributed by atoms with Crippen LogP contribution in [0.3, 0.4) is 0 Å². The summed E-state index contributed by atoms with van der Waals surface area (Å²) in [4.78, 5) is 14.1. The average Bonchev–Trinajstić information content (AvgIpc) is 2.68. The van der Waals surface area contributed by atoms with E-state index in [1.54, 1.807) is 23.1 Å². The van der Waals surface area contributed by atoms with Crippen LogP contribution in [0.1, 0.15) is 17.2 Å². The first-order valence-corrected chi connectivity index (χ1v) is 7.84. The van der Waals surface area contributed by atoms with Crippen LogP contribution in [0.5, 0.6) is 0 Å². The molecule has 1 unspecified atom stereocenters. The van der Waals surface area contributed by atoms with Gasteiger partial charge in [0.1, 0.15) is 6.04 Å². The molecule has 0 aromatic heterocycles. The highest BCUT2D eigenvalue weighted by Gasteiger charge is 2.36. The van der Waals surface area contributed by atoms with Gasteiger partial charge in [-0.2, -0.15) is 0 Å². The van der Waals surface area contributed by atoms with Crippen molar-refractivity contribution in [1.82, 2.24) is 0 Å². The molecule has 3 nitrogen and oxygen atoms in total. The standard InChI is InChI=1S/C15H11BrCl2N2O/c16-9-3-1-6-12-13(9)14(19)15(21)20(12)7-8-10(17)4-2-5-11(8)18/h1-6,14H,7,19H2. The van der Waals surface area contributed by atoms with Gasteiger partial charge in [0.25, 0.3) is 0 Å². The van der Waals surface area contributed by atoms with Gasteiger partial charge in [0.2, 0.25) is 5.91 Å². The summed E-state index contributed by atoms with van der Waals surface area (Å²) in [5.41, 5.74) is 8.33. The van der Waals surface area contributed by atoms with Crippen molar-refractivity contribution < 1.29 is 4.79 Å². The lowest BCUT2D eigenvalue weighted by Gasteiger charge is -2.19. The molecule has 0 fully saturated rings. The Morgan fingerprint density at radius 2 is 1.76 bits per heavy atom. The molecule has 1 aliphatic rings. The van der Waals surface area contributed by atoms with Gasteiger partial charge in [-0.25, -0.2) is 0 Å². The Bertz CT molecular complexity index is 715. The van der Waals surface area contributed by atoms with E-state index in [0.29, 0.717) is 22.2 Å². The van der Waals surface area contributed by atoms with Crippen LogP contribution in [0.15, 0.2) is 40.9 Å². The number of benzene rings is 2. The van der Waals surface area contributed by atoms with Crippen LogP contribution in [0, 0.1) is 0 Å². The van der Waals surface area contributed by atoms with Crippen LogP contribution in [0.2, 0.25) is 10.0 Å². The second-order valence-corrected chi connectivity index (χ2v) is 6.44. The molecule has 108 valence electrons. The van der Waals surface area contributed by atoms with Gasteiger partial charge in [-0.05, 0) is 24.3 Å². The molecule has 0 saturated carbocycles. The fourth-order valence-corrected chi connectivity index (χ4v) is 3.60. The van der Waals surface area contributed by atoms with Gasteiger partial charge in [-0.3, -0.25) is 4.79 Å². The maximum atomic E-state index is 12.4. The molecule has 1 heterocycles. The van der Waals surface area contributed by atoms with Gasteiger partial charge >= 0.3 is 0 Å². The molecular formula is C15H11BrCl2N2O. The van der Waals surface area contributed by atoms with Crippen LogP contribution < -0.4 is 10.6 Å². The maximum Gasteiger partial charge on any atom is 0.248 e. The van der Waals surface area contributed by atoms with Crippen LogP contribution in [0.4, 0.5) is 5.69 Å². The first-order valence-electron chi connectivity index (χ1n) is 6.29. The summed E-state index contributed by atoms with van der Waals surface area (Å²) in [6.45, 7) is 0.300. The number of hydrogen-bond acceptors (Lipinski definition) is 2. The summed E-state index contributed by atoms with van der Waals surface area (Å²) in [7, 11) is 0. The maximum absolute atomic E-state index is 12.4. The van der Waals surface area contributed by atoms with Crippen LogP contribution in [-0.2, 0) is 11.3 Å². The number of amides is 1. The number of carbonyl (C=O) groups excluding carboxylic acids is 1. The molecular weight excluding hydrogens is 375 g/mol. The largest absolute Gasteiger partial charge is 0.316 e. The van der Waals surface area contributed by atoms with E-state index in [9.17, 15) is 4.79 Å². The normalized spacial score (nSPS) is 17.2. The highest BCUT2D eigenvalue weighted by atomic mass is 79.9. The van der Waals surface area contributed by atoms with E-state index < -0.39 is 6.04 Å². The number of nitrogens with zero attached hydrogens (tertiary/aromatic N) is 1. The second kappa shape index (κ2) is 5.61. The smallest absolute Gasteiger partial charge is 0.248 e. The first-order chi connectivity index (χ1) is 10.0. The Hall–Kier alpha value is -1.07. The fraction of sp³-hybridized carbons (Fsp3) is 0.133. The molecule has 6 heteroatoms. The molecule has 3 rings (SSSR count). The number of nitrogens with two attached hydrogens (primary N) is 1. The van der Waals surface area contributed by atoms with E-state index in [0.717, 1.165) is 15.7 Å². The molecule has 0 saturated heterocycles. The van der Waals surface area contributed by atoms with Gasteiger partial charge in [-0.1, -0.05) is 51.3 Å². The average molecular weight is 386 g/mol. The lowest BCUT2D eigenvalue weighted by molar-refractivity contribution is -0.119. The Labute approximate surface area is 140 Å². The summed E-state index contributed by atoms with van der Waals surface area (Å²) >= 11 is 15.8. The highest BCUT2D eigenvalue weighted by molar-refractivity contribution is 9.10. The van der Waals surface area contributed by atoms with Crippen LogP contribution in [-0.4, -0.2) is 5.91 Å². The predicted octanol–water partition coefficient (Wildman–Crippen LogP) is 4.30. The molecule has 21 heavy (non-hydrogen) atoms. The Morgan fingerprint density at radius 1 is 1.14 bits per heavy atom. The summed E-state index contributed by atoms with van der Waals surface area (Å²) in [6.07, 6.45) is 0. The number of carbonyl (C=O) groups is 1. The third-order valence-corrected chi connectivity index (χ3v) is 4.94. The number of fused-ring (bicyclic) bond motifs is 1. The molecule has 2 aromatic rings. The molecule has 1 aliphatic heterocycles. The lowest BCUT2D eigenvalue weighted by Crippen LogP contribution is -2.31. The molecule has 2 aromatic carbocycles. The highest BCUT2D eigenvalue weighted by Crippen LogP contribution is 2.41. The topological polar surface area (TPSA) is 46.3 Å². The number of halogens is 3. The third kappa shape index (κ3) is 2.46. The summed E-state index contributed by atoms with van der Waals surface area (Å²) in [5, 5.41) is 1.07. The van der Waals surface area contributed by atoms with Crippen molar-refractivity contribution in [3.8, 4) is 0 Å². The van der Waals surface area contributed by atoms with Crippen LogP contribution >= 0.6 is 39.1 Å². The van der Waals surface area contributed by atoms with E-state index in [1.165, 1.54) is 0 Å². The zero-order valence-corrected chi connectivity index (χ0v) is 13.9. The second-order valence-electron chi connectivity index (χ2n) is 4.77. The lowest BCUT2D eigenvalue weighted by atomic mass is 10.1. The van der Waals surface area contributed by atoms with E-state index in [-0.39, 0.29) is 5.91 Å². The van der Waals surface area contributed by atoms with Gasteiger partial charge in [0, 0.05) is 25.6 Å². The van der Waals surface area contributed by atoms with Crippen molar-refractivity contribution in [3.05, 3.63) is 62.0 Å². The minimum absolute atomic E-state index is 0.159. The van der Waals surface area contributed by atoms with Gasteiger partial charge in [0.05, 0.1) is 12.2 Å². The molecule has 1 amide bonds. The molecule has 0 aliphatic carbocycles. The van der Waals surface area contributed by atoms with E-state index in [1.807, 2.05) is 18.2 Å². The van der Waals surface area contributed by atoms with Crippen molar-refractivity contribution in [3.63, 3.8) is 0 Å². The van der Waals surface area contributed by atoms with Gasteiger partial charge in [0.15, 0.2) is 0 Å². The van der Waals surface area contributed by atoms with Crippen LogP contribution in [0.25, 0.3) is 0 Å². The number of hydrogen-bond donors (Lipinski definition) is 1. The van der Waals surface area contributed by atoms with Gasteiger partial charge < -0.3 is 10.6 Å². The summed E-state index contributed by atoms with van der Waals surface area (Å²) < 4.78 is 0.827. The first kappa shape index (κ1) is 14.9. The molecule has 1 atom stereocenters. The Kier molecular flexibility index (Phi) is 3.97.